The van der Waals surface area contributed by atoms with E-state index in [1.54, 1.807) is 6.08 Å². The fourth-order valence-electron chi connectivity index (χ4n) is 11.2. The van der Waals surface area contributed by atoms with Crippen LogP contribution in [0.2, 0.25) is 0 Å². The number of allylic oxidation sites excluding steroid dienone is 5. The molecule has 0 aromatic carbocycles. The predicted molar refractivity (Wildman–Crippen MR) is 347 cm³/mol. The highest BCUT2D eigenvalue weighted by atomic mass is 16.5. The molecule has 466 valence electrons. The Balaban J connectivity index is 3.40. The smallest absolute Gasteiger partial charge is 0.305 e. The molecule has 0 bridgehead atoms. The number of esters is 1. The summed E-state index contributed by atoms with van der Waals surface area (Å²) in [6.45, 7) is 4.93. The van der Waals surface area contributed by atoms with Crippen molar-refractivity contribution in [2.24, 2.45) is 0 Å². The topological polar surface area (TPSA) is 95.9 Å². The van der Waals surface area contributed by atoms with Crippen molar-refractivity contribution in [2.45, 2.75) is 405 Å². The summed E-state index contributed by atoms with van der Waals surface area (Å²) in [7, 11) is 0. The highest BCUT2D eigenvalue weighted by molar-refractivity contribution is 5.76. The van der Waals surface area contributed by atoms with Gasteiger partial charge in [0.1, 0.15) is 0 Å². The van der Waals surface area contributed by atoms with Gasteiger partial charge >= 0.3 is 5.97 Å². The predicted octanol–water partition coefficient (Wildman–Crippen LogP) is 23.1. The van der Waals surface area contributed by atoms with Gasteiger partial charge in [-0.05, 0) is 64.2 Å². The van der Waals surface area contributed by atoms with Gasteiger partial charge in [0.2, 0.25) is 5.91 Å². The summed E-state index contributed by atoms with van der Waals surface area (Å²) in [5.74, 6) is -0.0490. The minimum atomic E-state index is -0.844. The minimum Gasteiger partial charge on any atom is -0.466 e. The van der Waals surface area contributed by atoms with Crippen molar-refractivity contribution in [3.63, 3.8) is 0 Å². The van der Waals surface area contributed by atoms with Gasteiger partial charge in [-0.2, -0.15) is 0 Å². The summed E-state index contributed by atoms with van der Waals surface area (Å²) in [5.41, 5.74) is 0. The Bertz CT molecular complexity index is 1280. The van der Waals surface area contributed by atoms with Crippen LogP contribution in [0.4, 0.5) is 0 Å². The molecule has 6 nitrogen and oxygen atoms in total. The van der Waals surface area contributed by atoms with E-state index in [-0.39, 0.29) is 18.5 Å². The molecule has 0 aromatic heterocycles. The van der Waals surface area contributed by atoms with Gasteiger partial charge in [-0.25, -0.2) is 0 Å². The highest BCUT2D eigenvalue weighted by Crippen LogP contribution is 2.18. The Morgan fingerprint density at radius 2 is 0.633 bits per heavy atom. The molecule has 79 heavy (non-hydrogen) atoms. The maximum atomic E-state index is 12.5. The van der Waals surface area contributed by atoms with Crippen LogP contribution in [-0.2, 0) is 14.3 Å². The summed E-state index contributed by atoms with van der Waals surface area (Å²) in [5, 5.41) is 23.2. The SMILES string of the molecule is CCCCCCCCCCCCCCCCCC/C=C/C(O)C(CO)NC(=O)CCCCCCCCCCCCCCCCCCC/C=C\C/C=C\CCCCCCCCCCCOC(=O)CCCCCCCCCCCCC. The van der Waals surface area contributed by atoms with E-state index in [9.17, 15) is 19.8 Å². The first kappa shape index (κ1) is 77.1. The Labute approximate surface area is 494 Å². The Morgan fingerprint density at radius 1 is 0.354 bits per heavy atom. The highest BCUT2D eigenvalue weighted by Gasteiger charge is 2.18. The fourth-order valence-corrected chi connectivity index (χ4v) is 11.2. The number of hydrogen-bond acceptors (Lipinski definition) is 5. The molecule has 1 amide bonds. The zero-order valence-corrected chi connectivity index (χ0v) is 53.4. The largest absolute Gasteiger partial charge is 0.466 e. The molecular formula is C73H139NO5. The van der Waals surface area contributed by atoms with Gasteiger partial charge in [-0.1, -0.05) is 352 Å². The van der Waals surface area contributed by atoms with Gasteiger partial charge in [-0.15, -0.1) is 0 Å². The third-order valence-electron chi connectivity index (χ3n) is 16.7. The number of aliphatic hydroxyl groups is 2. The van der Waals surface area contributed by atoms with Gasteiger partial charge < -0.3 is 20.3 Å². The van der Waals surface area contributed by atoms with E-state index in [0.29, 0.717) is 19.4 Å². The third kappa shape index (κ3) is 65.1. The number of aliphatic hydroxyl groups excluding tert-OH is 2. The number of carbonyl (C=O) groups is 2. The van der Waals surface area contributed by atoms with Crippen LogP contribution in [-0.4, -0.2) is 47.4 Å². The molecular weight excluding hydrogens is 971 g/mol. The summed E-state index contributed by atoms with van der Waals surface area (Å²) < 4.78 is 5.47. The van der Waals surface area contributed by atoms with Crippen molar-refractivity contribution in [1.82, 2.24) is 5.32 Å². The standard InChI is InChI=1S/C73H139NO5/c1-3-5-7-9-11-13-15-16-17-18-36-39-42-46-49-53-57-61-65-71(76)70(69-75)74-72(77)66-62-58-54-50-47-43-40-37-34-32-30-28-26-24-22-20-19-21-23-25-27-29-31-33-35-38-41-44-48-52-56-60-64-68-79-73(78)67-63-59-55-51-45-14-12-10-8-6-4-2/h23,25,29,31,61,65,70-71,75-76H,3-22,24,26-28,30,32-60,62-64,66-69H2,1-2H3,(H,74,77)/b25-23-,31-29-,65-61+. The van der Waals surface area contributed by atoms with E-state index in [4.69, 9.17) is 4.74 Å². The van der Waals surface area contributed by atoms with E-state index in [1.807, 2.05) is 6.08 Å². The second kappa shape index (κ2) is 68.6. The van der Waals surface area contributed by atoms with Crippen molar-refractivity contribution in [1.29, 1.82) is 0 Å². The summed E-state index contributed by atoms with van der Waals surface area (Å²) in [6, 6.07) is -0.627. The first-order valence-electron chi connectivity index (χ1n) is 35.8. The fraction of sp³-hybridized carbons (Fsp3) is 0.890. The lowest BCUT2D eigenvalue weighted by atomic mass is 10.0. The van der Waals surface area contributed by atoms with E-state index in [1.165, 1.54) is 321 Å². The molecule has 0 saturated carbocycles. The van der Waals surface area contributed by atoms with Gasteiger partial charge in [0.25, 0.3) is 0 Å². The van der Waals surface area contributed by atoms with Crippen LogP contribution >= 0.6 is 0 Å². The molecule has 0 rings (SSSR count). The molecule has 0 fully saturated rings. The zero-order chi connectivity index (χ0) is 57.1. The summed E-state index contributed by atoms with van der Waals surface area (Å²) in [4.78, 5) is 24.5. The van der Waals surface area contributed by atoms with Crippen LogP contribution < -0.4 is 5.32 Å². The molecule has 0 heterocycles. The number of amides is 1. The molecule has 0 radical (unpaired) electrons. The number of hydrogen-bond donors (Lipinski definition) is 3. The average molecular weight is 1110 g/mol. The Morgan fingerprint density at radius 3 is 0.962 bits per heavy atom. The van der Waals surface area contributed by atoms with Crippen molar-refractivity contribution in [3.05, 3.63) is 36.5 Å². The molecule has 0 aromatic rings. The summed E-state index contributed by atoms with van der Waals surface area (Å²) >= 11 is 0. The molecule has 2 unspecified atom stereocenters. The first-order valence-corrected chi connectivity index (χ1v) is 35.8. The van der Waals surface area contributed by atoms with Crippen LogP contribution in [0.3, 0.4) is 0 Å². The number of rotatable bonds is 67. The molecule has 3 N–H and O–H groups in total. The number of nitrogens with one attached hydrogen (secondary N) is 1. The van der Waals surface area contributed by atoms with Crippen LogP contribution in [0.1, 0.15) is 393 Å². The molecule has 0 aliphatic rings. The van der Waals surface area contributed by atoms with Gasteiger partial charge in [0, 0.05) is 12.8 Å². The van der Waals surface area contributed by atoms with Crippen LogP contribution in [0.5, 0.6) is 0 Å². The monoisotopic (exact) mass is 1110 g/mol. The zero-order valence-electron chi connectivity index (χ0n) is 53.4. The maximum Gasteiger partial charge on any atom is 0.305 e. The quantitative estimate of drug-likeness (QED) is 0.0320. The van der Waals surface area contributed by atoms with Crippen molar-refractivity contribution >= 4 is 11.9 Å². The molecule has 0 aliphatic heterocycles. The van der Waals surface area contributed by atoms with Crippen LogP contribution in [0, 0.1) is 0 Å². The van der Waals surface area contributed by atoms with Crippen molar-refractivity contribution in [3.8, 4) is 0 Å². The molecule has 6 heteroatoms. The lowest BCUT2D eigenvalue weighted by Gasteiger charge is -2.20. The average Bonchev–Trinajstić information content (AvgIpc) is 3.45. The number of unbranched alkanes of at least 4 members (excludes halogenated alkanes) is 52. The third-order valence-corrected chi connectivity index (χ3v) is 16.7. The van der Waals surface area contributed by atoms with E-state index in [2.05, 4.69) is 43.5 Å². The second-order valence-corrected chi connectivity index (χ2v) is 24.6. The maximum absolute atomic E-state index is 12.5. The lowest BCUT2D eigenvalue weighted by Crippen LogP contribution is -2.45. The number of carbonyl (C=O) groups excluding carboxylic acids is 2. The molecule has 2 atom stereocenters. The van der Waals surface area contributed by atoms with Gasteiger partial charge in [0.05, 0.1) is 25.4 Å². The Hall–Kier alpha value is -1.92. The van der Waals surface area contributed by atoms with Crippen molar-refractivity contribution in [2.75, 3.05) is 13.2 Å². The van der Waals surface area contributed by atoms with Gasteiger partial charge in [-0.3, -0.25) is 9.59 Å². The normalized spacial score (nSPS) is 12.7. The first-order chi connectivity index (χ1) is 39.0. The van der Waals surface area contributed by atoms with E-state index < -0.39 is 12.1 Å². The van der Waals surface area contributed by atoms with Gasteiger partial charge in [0.15, 0.2) is 0 Å². The molecule has 0 aliphatic carbocycles. The van der Waals surface area contributed by atoms with Crippen molar-refractivity contribution < 1.29 is 24.5 Å². The Kier molecular flexibility index (Phi) is 66.9. The lowest BCUT2D eigenvalue weighted by molar-refractivity contribution is -0.143. The number of ether oxygens (including phenoxy) is 1. The van der Waals surface area contributed by atoms with E-state index in [0.717, 1.165) is 44.9 Å². The van der Waals surface area contributed by atoms with E-state index >= 15 is 0 Å². The minimum absolute atomic E-state index is 0.0139. The second-order valence-electron chi connectivity index (χ2n) is 24.6. The molecule has 0 spiro atoms. The molecule has 0 saturated heterocycles. The summed E-state index contributed by atoms with van der Waals surface area (Å²) in [6.07, 6.45) is 88.0. The van der Waals surface area contributed by atoms with Crippen LogP contribution in [0.25, 0.3) is 0 Å². The van der Waals surface area contributed by atoms with Crippen LogP contribution in [0.15, 0.2) is 36.5 Å².